The molecule has 2 aliphatic heterocycles. The van der Waals surface area contributed by atoms with E-state index in [1.165, 1.54) is 34.9 Å². The molecule has 5 rings (SSSR count). The molecule has 5 N–H and O–H groups in total. The number of fused-ring (bicyclic) bond motifs is 2. The lowest BCUT2D eigenvalue weighted by atomic mass is 10.0. The summed E-state index contributed by atoms with van der Waals surface area (Å²) < 4.78 is 7.78. The van der Waals surface area contributed by atoms with Crippen LogP contribution >= 0.6 is 34.6 Å². The summed E-state index contributed by atoms with van der Waals surface area (Å²) in [5, 5.41) is 20.7. The fourth-order valence-electron chi connectivity index (χ4n) is 4.33. The molecule has 5 heterocycles. The van der Waals surface area contributed by atoms with E-state index < -0.39 is 29.2 Å². The zero-order chi connectivity index (χ0) is 28.6. The standard InChI is InChI=1S/C22H23N9O6S3/c1-3-37-27-14(17-26-22(23)40-28-17)18(33)25-15-19(34)31-16(21(35)36)11(9-39-20(15)31)7-29-8-13-30(4-5-38-13)12(29)6-24-10(2)32/h4-5,8,15,20H,3,6-7,9H2,1-2H3,(H4-,23,24,25,26,28,32,33,35,36)/p+1/b27-14-/t15-,20-/m1/s1. The summed E-state index contributed by atoms with van der Waals surface area (Å²) in [6.07, 6.45) is 3.75. The zero-order valence-corrected chi connectivity index (χ0v) is 23.6. The van der Waals surface area contributed by atoms with E-state index in [1.807, 2.05) is 26.7 Å². The van der Waals surface area contributed by atoms with Crippen LogP contribution in [-0.2, 0) is 37.1 Å². The lowest BCUT2D eigenvalue weighted by Crippen LogP contribution is -2.71. The van der Waals surface area contributed by atoms with Crippen LogP contribution in [-0.4, -0.2) is 76.9 Å². The number of rotatable bonds is 10. The third-order valence-corrected chi connectivity index (χ3v) is 8.74. The Hall–Kier alpha value is -4.03. The van der Waals surface area contributed by atoms with Crippen molar-refractivity contribution in [3.63, 3.8) is 0 Å². The van der Waals surface area contributed by atoms with Crippen molar-refractivity contribution in [3.8, 4) is 0 Å². The Labute approximate surface area is 238 Å². The van der Waals surface area contributed by atoms with Gasteiger partial charge in [0.25, 0.3) is 17.6 Å². The van der Waals surface area contributed by atoms with Gasteiger partial charge >= 0.3 is 5.97 Å². The van der Waals surface area contributed by atoms with Crippen LogP contribution in [0.15, 0.2) is 34.2 Å². The second kappa shape index (κ2) is 11.2. The maximum Gasteiger partial charge on any atom is 0.352 e. The number of carbonyl (C=O) groups excluding carboxylic acids is 3. The van der Waals surface area contributed by atoms with E-state index in [1.54, 1.807) is 6.92 Å². The van der Waals surface area contributed by atoms with Gasteiger partial charge in [-0.2, -0.15) is 13.8 Å². The zero-order valence-electron chi connectivity index (χ0n) is 21.2. The Bertz CT molecular complexity index is 1570. The van der Waals surface area contributed by atoms with Crippen LogP contribution in [0.25, 0.3) is 4.83 Å². The number of thiazole rings is 1. The van der Waals surface area contributed by atoms with Crippen molar-refractivity contribution >= 4 is 74.0 Å². The minimum atomic E-state index is -1.25. The van der Waals surface area contributed by atoms with Gasteiger partial charge in [-0.3, -0.25) is 19.3 Å². The number of aliphatic carboxylic acids is 1. The molecule has 3 amide bonds. The summed E-state index contributed by atoms with van der Waals surface area (Å²) in [6, 6.07) is -0.987. The van der Waals surface area contributed by atoms with Crippen molar-refractivity contribution < 1.29 is 33.7 Å². The molecule has 40 heavy (non-hydrogen) atoms. The van der Waals surface area contributed by atoms with Crippen molar-refractivity contribution in [2.24, 2.45) is 5.16 Å². The van der Waals surface area contributed by atoms with E-state index in [2.05, 4.69) is 25.1 Å². The van der Waals surface area contributed by atoms with Crippen molar-refractivity contribution in [2.75, 3.05) is 18.1 Å². The van der Waals surface area contributed by atoms with Crippen LogP contribution in [0.2, 0.25) is 0 Å². The van der Waals surface area contributed by atoms with Crippen LogP contribution in [0.4, 0.5) is 5.13 Å². The van der Waals surface area contributed by atoms with Gasteiger partial charge in [-0.15, -0.1) is 11.8 Å². The first-order valence-corrected chi connectivity index (χ1v) is 14.6. The number of nitrogens with two attached hydrogens (primary N) is 1. The van der Waals surface area contributed by atoms with Crippen LogP contribution < -0.4 is 20.9 Å². The van der Waals surface area contributed by atoms with Gasteiger partial charge in [-0.05, 0) is 6.92 Å². The lowest BCUT2D eigenvalue weighted by molar-refractivity contribution is -0.695. The molecule has 1 saturated heterocycles. The van der Waals surface area contributed by atoms with Gasteiger partial charge in [0, 0.05) is 35.2 Å². The number of hydrogen-bond acceptors (Lipinski definition) is 12. The van der Waals surface area contributed by atoms with Crippen LogP contribution in [0, 0.1) is 0 Å². The highest BCUT2D eigenvalue weighted by atomic mass is 32.2. The molecule has 0 radical (unpaired) electrons. The van der Waals surface area contributed by atoms with Gasteiger partial charge < -0.3 is 26.3 Å². The van der Waals surface area contributed by atoms with E-state index in [4.69, 9.17) is 10.6 Å². The number of β-lactam (4-membered cyclic amide) rings is 1. The Morgan fingerprint density at radius 2 is 2.17 bits per heavy atom. The molecule has 0 unspecified atom stereocenters. The summed E-state index contributed by atoms with van der Waals surface area (Å²) in [5.41, 5.74) is 5.80. The average molecular weight is 607 g/mol. The molecular formula is C22H24N9O6S3+. The largest absolute Gasteiger partial charge is 0.477 e. The summed E-state index contributed by atoms with van der Waals surface area (Å²) in [4.78, 5) is 61.2. The molecule has 3 aromatic heterocycles. The third-order valence-electron chi connectivity index (χ3n) is 6.06. The number of aromatic nitrogens is 4. The molecule has 2 aliphatic rings. The minimum absolute atomic E-state index is 0.0404. The summed E-state index contributed by atoms with van der Waals surface area (Å²) in [5.74, 6) is -1.73. The second-order valence-electron chi connectivity index (χ2n) is 8.63. The van der Waals surface area contributed by atoms with Gasteiger partial charge in [0.05, 0.1) is 0 Å². The maximum absolute atomic E-state index is 13.2. The van der Waals surface area contributed by atoms with Gasteiger partial charge in [0.2, 0.25) is 22.3 Å². The van der Waals surface area contributed by atoms with E-state index in [0.29, 0.717) is 11.3 Å². The molecular weight excluding hydrogens is 583 g/mol. The molecule has 0 saturated carbocycles. The van der Waals surface area contributed by atoms with Crippen molar-refractivity contribution in [2.45, 2.75) is 38.4 Å². The SMILES string of the molecule is CCO/N=C(\C(=O)N[C@@H]1C(=O)N2C(C(=O)O)=C(C[n+]3cc4sccn4c3CNC(C)=O)CS[C@H]12)c1nsc(N)n1. The third kappa shape index (κ3) is 5.11. The molecule has 0 spiro atoms. The molecule has 0 bridgehead atoms. The number of nitrogen functional groups attached to an aromatic ring is 1. The highest BCUT2D eigenvalue weighted by molar-refractivity contribution is 8.00. The summed E-state index contributed by atoms with van der Waals surface area (Å²) in [6.45, 7) is 3.74. The fraction of sp³-hybridized carbons (Fsp3) is 0.364. The molecule has 0 aromatic carbocycles. The number of anilines is 1. The van der Waals surface area contributed by atoms with Gasteiger partial charge in [-0.25, -0.2) is 9.36 Å². The molecule has 15 nitrogen and oxygen atoms in total. The van der Waals surface area contributed by atoms with Crippen molar-refractivity contribution in [1.82, 2.24) is 29.3 Å². The number of carbonyl (C=O) groups is 4. The maximum atomic E-state index is 13.2. The molecule has 210 valence electrons. The van der Waals surface area contributed by atoms with Crippen molar-refractivity contribution in [3.05, 3.63) is 40.7 Å². The predicted octanol–water partition coefficient (Wildman–Crippen LogP) is -0.462. The first-order valence-electron chi connectivity index (χ1n) is 11.9. The normalized spacial score (nSPS) is 18.9. The first-order chi connectivity index (χ1) is 19.2. The van der Waals surface area contributed by atoms with Gasteiger partial charge in [0.15, 0.2) is 5.13 Å². The number of imidazole rings is 1. The number of nitrogens with one attached hydrogen (secondary N) is 2. The topological polar surface area (TPSA) is 197 Å². The highest BCUT2D eigenvalue weighted by Crippen LogP contribution is 2.40. The van der Waals surface area contributed by atoms with E-state index in [-0.39, 0.29) is 48.0 Å². The van der Waals surface area contributed by atoms with E-state index in [9.17, 15) is 24.3 Å². The monoisotopic (exact) mass is 606 g/mol. The Balaban J connectivity index is 1.37. The smallest absolute Gasteiger partial charge is 0.352 e. The molecule has 0 aliphatic carbocycles. The Morgan fingerprint density at radius 1 is 1.38 bits per heavy atom. The van der Waals surface area contributed by atoms with Crippen LogP contribution in [0.1, 0.15) is 25.5 Å². The van der Waals surface area contributed by atoms with Gasteiger partial charge in [-0.1, -0.05) is 16.5 Å². The number of amides is 3. The quantitative estimate of drug-likeness (QED) is 0.101. The number of thioether (sulfide) groups is 1. The second-order valence-corrected chi connectivity index (χ2v) is 11.4. The predicted molar refractivity (Wildman–Crippen MR) is 145 cm³/mol. The average Bonchev–Trinajstić information content (AvgIpc) is 3.62. The Morgan fingerprint density at radius 3 is 2.85 bits per heavy atom. The number of carboxylic acid groups (broad SMARTS) is 1. The summed E-state index contributed by atoms with van der Waals surface area (Å²) >= 11 is 3.72. The van der Waals surface area contributed by atoms with Crippen LogP contribution in [0.5, 0.6) is 0 Å². The number of nitrogens with zero attached hydrogens (tertiary/aromatic N) is 6. The number of oxime groups is 1. The fourth-order valence-corrected chi connectivity index (χ4v) is 6.89. The van der Waals surface area contributed by atoms with E-state index >= 15 is 0 Å². The molecule has 18 heteroatoms. The molecule has 2 atom stereocenters. The minimum Gasteiger partial charge on any atom is -0.477 e. The molecule has 1 fully saturated rings. The number of hydrogen-bond donors (Lipinski definition) is 4. The summed E-state index contributed by atoms with van der Waals surface area (Å²) in [7, 11) is 0. The Kier molecular flexibility index (Phi) is 7.72. The highest BCUT2D eigenvalue weighted by Gasteiger charge is 2.54. The lowest BCUT2D eigenvalue weighted by Gasteiger charge is -2.49. The number of carboxylic acids is 1. The van der Waals surface area contributed by atoms with E-state index in [0.717, 1.165) is 22.2 Å². The first kappa shape index (κ1) is 27.5. The molecule has 3 aromatic rings. The van der Waals surface area contributed by atoms with Crippen molar-refractivity contribution in [1.29, 1.82) is 0 Å². The van der Waals surface area contributed by atoms with Gasteiger partial charge in [0.1, 0.15) is 49.2 Å². The van der Waals surface area contributed by atoms with Crippen LogP contribution in [0.3, 0.4) is 0 Å².